The van der Waals surface area contributed by atoms with Crippen LogP contribution in [0, 0.1) is 0 Å². The maximum atomic E-state index is 6.76. The highest BCUT2D eigenvalue weighted by atomic mass is 16.8. The highest BCUT2D eigenvalue weighted by molar-refractivity contribution is 5.31. The van der Waals surface area contributed by atoms with E-state index < -0.39 is 23.5 Å². The number of rotatable bonds is 5. The molecule has 0 radical (unpaired) electrons. The average Bonchev–Trinajstić information content (AvgIpc) is 3.17. The van der Waals surface area contributed by atoms with Crippen molar-refractivity contribution >= 4 is 0 Å². The van der Waals surface area contributed by atoms with Crippen molar-refractivity contribution in [1.29, 1.82) is 0 Å². The van der Waals surface area contributed by atoms with Crippen LogP contribution in [0.4, 0.5) is 0 Å². The van der Waals surface area contributed by atoms with Gasteiger partial charge in [0.05, 0.1) is 25.9 Å². The quantitative estimate of drug-likeness (QED) is 0.716. The average molecular weight is 423 g/mol. The summed E-state index contributed by atoms with van der Waals surface area (Å²) in [5.41, 5.74) is 0.909. The standard InChI is InChI=1S/C23H34O7/c1-14(2)26-23(15-8-10-16(24-7)11-9-15)12-17-19(29-22(5,6)27-17)20(30-23)18-13-25-21(3,4)28-18/h8-11,14,17-20H,12-13H2,1-7H3/t17-,18-,19-,20-,23+/m1/s1. The van der Waals surface area contributed by atoms with Gasteiger partial charge in [-0.1, -0.05) is 0 Å². The Labute approximate surface area is 178 Å². The summed E-state index contributed by atoms with van der Waals surface area (Å²) in [4.78, 5) is 0. The van der Waals surface area contributed by atoms with Crippen LogP contribution in [0.1, 0.15) is 53.5 Å². The minimum atomic E-state index is -0.994. The summed E-state index contributed by atoms with van der Waals surface area (Å²) in [6, 6.07) is 7.80. The van der Waals surface area contributed by atoms with Crippen LogP contribution in [-0.4, -0.2) is 55.8 Å². The maximum Gasteiger partial charge on any atom is 0.198 e. The first-order valence-electron chi connectivity index (χ1n) is 10.7. The zero-order valence-electron chi connectivity index (χ0n) is 19.0. The number of benzene rings is 1. The number of methoxy groups -OCH3 is 1. The summed E-state index contributed by atoms with van der Waals surface area (Å²) < 4.78 is 43.1. The second-order valence-corrected chi connectivity index (χ2v) is 9.44. The Kier molecular flexibility index (Phi) is 5.66. The van der Waals surface area contributed by atoms with Crippen molar-refractivity contribution in [3.63, 3.8) is 0 Å². The SMILES string of the molecule is COc1ccc([C@]2(OC(C)C)C[C@H]3OC(C)(C)O[C@H]3[C@@H]([C@H]3COC(C)(C)O3)O2)cc1. The van der Waals surface area contributed by atoms with Crippen molar-refractivity contribution < 1.29 is 33.2 Å². The normalized spacial score (nSPS) is 37.3. The fraction of sp³-hybridized carbons (Fsp3) is 0.739. The molecule has 3 fully saturated rings. The van der Waals surface area contributed by atoms with Crippen LogP contribution in [0.2, 0.25) is 0 Å². The van der Waals surface area contributed by atoms with Crippen LogP contribution in [0.25, 0.3) is 0 Å². The van der Waals surface area contributed by atoms with Gasteiger partial charge >= 0.3 is 0 Å². The summed E-state index contributed by atoms with van der Waals surface area (Å²) >= 11 is 0. The van der Waals surface area contributed by atoms with Crippen molar-refractivity contribution in [3.8, 4) is 5.75 Å². The Bertz CT molecular complexity index is 744. The Balaban J connectivity index is 1.72. The van der Waals surface area contributed by atoms with Crippen LogP contribution < -0.4 is 4.74 Å². The molecule has 0 bridgehead atoms. The lowest BCUT2D eigenvalue weighted by Gasteiger charge is -2.47. The summed E-state index contributed by atoms with van der Waals surface area (Å²) in [7, 11) is 1.65. The number of fused-ring (bicyclic) bond motifs is 1. The molecular formula is C23H34O7. The highest BCUT2D eigenvalue weighted by Crippen LogP contribution is 2.48. The van der Waals surface area contributed by atoms with E-state index in [4.69, 9.17) is 33.2 Å². The molecule has 0 unspecified atom stereocenters. The van der Waals surface area contributed by atoms with Gasteiger partial charge in [-0.3, -0.25) is 0 Å². The molecule has 0 N–H and O–H groups in total. The van der Waals surface area contributed by atoms with E-state index in [1.807, 2.05) is 65.8 Å². The van der Waals surface area contributed by atoms with Crippen LogP contribution in [0.3, 0.4) is 0 Å². The third-order valence-corrected chi connectivity index (χ3v) is 5.69. The minimum absolute atomic E-state index is 0.0585. The van der Waals surface area contributed by atoms with E-state index in [2.05, 4.69) is 0 Å². The van der Waals surface area contributed by atoms with E-state index in [0.717, 1.165) is 11.3 Å². The molecule has 5 atom stereocenters. The van der Waals surface area contributed by atoms with Crippen molar-refractivity contribution in [2.24, 2.45) is 0 Å². The summed E-state index contributed by atoms with van der Waals surface area (Å²) in [6.45, 7) is 12.1. The van der Waals surface area contributed by atoms with Gasteiger partial charge in [-0.25, -0.2) is 0 Å². The Morgan fingerprint density at radius 2 is 1.50 bits per heavy atom. The predicted octanol–water partition coefficient (Wildman–Crippen LogP) is 3.73. The molecule has 0 aromatic heterocycles. The molecule has 3 aliphatic heterocycles. The molecular weight excluding hydrogens is 388 g/mol. The van der Waals surface area contributed by atoms with Gasteiger partial charge in [0.25, 0.3) is 0 Å². The smallest absolute Gasteiger partial charge is 0.198 e. The van der Waals surface area contributed by atoms with E-state index >= 15 is 0 Å². The third-order valence-electron chi connectivity index (χ3n) is 5.69. The molecule has 3 heterocycles. The van der Waals surface area contributed by atoms with Gasteiger partial charge in [0.15, 0.2) is 17.4 Å². The van der Waals surface area contributed by atoms with Crippen molar-refractivity contribution in [2.45, 2.75) is 95.8 Å². The monoisotopic (exact) mass is 422 g/mol. The zero-order valence-corrected chi connectivity index (χ0v) is 19.0. The van der Waals surface area contributed by atoms with Crippen molar-refractivity contribution in [3.05, 3.63) is 29.8 Å². The topological polar surface area (TPSA) is 64.6 Å². The number of hydrogen-bond acceptors (Lipinski definition) is 7. The third kappa shape index (κ3) is 4.24. The van der Waals surface area contributed by atoms with Gasteiger partial charge in [-0.05, 0) is 65.8 Å². The summed E-state index contributed by atoms with van der Waals surface area (Å²) in [5, 5.41) is 0. The van der Waals surface area contributed by atoms with Gasteiger partial charge < -0.3 is 33.2 Å². The molecule has 3 aliphatic rings. The second-order valence-electron chi connectivity index (χ2n) is 9.44. The second kappa shape index (κ2) is 7.73. The fourth-order valence-corrected chi connectivity index (χ4v) is 4.62. The Hall–Kier alpha value is -1.22. The molecule has 4 rings (SSSR count). The molecule has 3 saturated heterocycles. The molecule has 0 aliphatic carbocycles. The molecule has 7 nitrogen and oxygen atoms in total. The lowest BCUT2D eigenvalue weighted by atomic mass is 9.88. The zero-order chi connectivity index (χ0) is 21.7. The molecule has 30 heavy (non-hydrogen) atoms. The highest BCUT2D eigenvalue weighted by Gasteiger charge is 2.59. The number of hydrogen-bond donors (Lipinski definition) is 0. The lowest BCUT2D eigenvalue weighted by molar-refractivity contribution is -0.340. The first kappa shape index (κ1) is 22.0. The van der Waals surface area contributed by atoms with Gasteiger partial charge in [0.1, 0.15) is 24.1 Å². The lowest BCUT2D eigenvalue weighted by Crippen LogP contribution is -2.58. The van der Waals surface area contributed by atoms with Crippen LogP contribution in [0.5, 0.6) is 5.75 Å². The minimum Gasteiger partial charge on any atom is -0.497 e. The molecule has 168 valence electrons. The Morgan fingerprint density at radius 3 is 2.07 bits per heavy atom. The molecule has 0 saturated carbocycles. The van der Waals surface area contributed by atoms with E-state index in [1.165, 1.54) is 0 Å². The van der Waals surface area contributed by atoms with Crippen molar-refractivity contribution in [2.75, 3.05) is 13.7 Å². The van der Waals surface area contributed by atoms with Gasteiger partial charge in [-0.15, -0.1) is 0 Å². The van der Waals surface area contributed by atoms with E-state index in [1.54, 1.807) is 7.11 Å². The van der Waals surface area contributed by atoms with E-state index in [0.29, 0.717) is 13.0 Å². The van der Waals surface area contributed by atoms with Gasteiger partial charge in [0, 0.05) is 12.0 Å². The first-order chi connectivity index (χ1) is 14.0. The van der Waals surface area contributed by atoms with Crippen LogP contribution in [-0.2, 0) is 34.2 Å². The van der Waals surface area contributed by atoms with E-state index in [9.17, 15) is 0 Å². The first-order valence-corrected chi connectivity index (χ1v) is 10.7. The molecule has 0 amide bonds. The summed E-state index contributed by atoms with van der Waals surface area (Å²) in [5.74, 6) is -1.59. The van der Waals surface area contributed by atoms with Crippen LogP contribution in [0.15, 0.2) is 24.3 Å². The molecule has 1 aromatic carbocycles. The van der Waals surface area contributed by atoms with Crippen molar-refractivity contribution in [1.82, 2.24) is 0 Å². The largest absolute Gasteiger partial charge is 0.497 e. The fourth-order valence-electron chi connectivity index (χ4n) is 4.62. The summed E-state index contributed by atoms with van der Waals surface area (Å²) in [6.07, 6.45) is -0.723. The molecule has 0 spiro atoms. The predicted molar refractivity (Wildman–Crippen MR) is 109 cm³/mol. The molecule has 1 aromatic rings. The van der Waals surface area contributed by atoms with Crippen LogP contribution >= 0.6 is 0 Å². The van der Waals surface area contributed by atoms with Gasteiger partial charge in [0.2, 0.25) is 0 Å². The van der Waals surface area contributed by atoms with E-state index in [-0.39, 0.29) is 24.4 Å². The van der Waals surface area contributed by atoms with Gasteiger partial charge in [-0.2, -0.15) is 0 Å². The maximum absolute atomic E-state index is 6.76. The molecule has 7 heteroatoms. The number of ether oxygens (including phenoxy) is 7. The Morgan fingerprint density at radius 1 is 0.867 bits per heavy atom.